The summed E-state index contributed by atoms with van der Waals surface area (Å²) in [6, 6.07) is 4.70. The van der Waals surface area contributed by atoms with Gasteiger partial charge in [0.1, 0.15) is 12.4 Å². The minimum absolute atomic E-state index is 0.454. The van der Waals surface area contributed by atoms with Crippen LogP contribution in [0.2, 0.25) is 0 Å². The van der Waals surface area contributed by atoms with E-state index in [1.165, 1.54) is 12.1 Å². The SMILES string of the molecule is CN(C)CCOc1ccc(C(F)(F)F)cc1. The molecular formula is C11H14F3NO. The van der Waals surface area contributed by atoms with Crippen molar-refractivity contribution >= 4 is 0 Å². The first kappa shape index (κ1) is 12.8. The lowest BCUT2D eigenvalue weighted by Gasteiger charge is -2.11. The maximum Gasteiger partial charge on any atom is 0.416 e. The average molecular weight is 233 g/mol. The molecule has 0 amide bonds. The fourth-order valence-electron chi connectivity index (χ4n) is 1.09. The summed E-state index contributed by atoms with van der Waals surface area (Å²) >= 11 is 0. The van der Waals surface area contributed by atoms with Crippen LogP contribution in [0.15, 0.2) is 24.3 Å². The molecule has 2 nitrogen and oxygen atoms in total. The number of hydrogen-bond donors (Lipinski definition) is 0. The van der Waals surface area contributed by atoms with E-state index in [2.05, 4.69) is 0 Å². The number of likely N-dealkylation sites (N-methyl/N-ethyl adjacent to an activating group) is 1. The van der Waals surface area contributed by atoms with Gasteiger partial charge < -0.3 is 9.64 Å². The van der Waals surface area contributed by atoms with Gasteiger partial charge in [-0.25, -0.2) is 0 Å². The molecule has 0 saturated carbocycles. The van der Waals surface area contributed by atoms with E-state index in [0.29, 0.717) is 12.4 Å². The molecule has 90 valence electrons. The van der Waals surface area contributed by atoms with Gasteiger partial charge in [-0.1, -0.05) is 0 Å². The molecule has 0 saturated heterocycles. The predicted octanol–water partition coefficient (Wildman–Crippen LogP) is 2.65. The van der Waals surface area contributed by atoms with Gasteiger partial charge in [0.25, 0.3) is 0 Å². The smallest absolute Gasteiger partial charge is 0.416 e. The molecule has 0 spiro atoms. The summed E-state index contributed by atoms with van der Waals surface area (Å²) in [5.74, 6) is 0.454. The van der Waals surface area contributed by atoms with Gasteiger partial charge in [-0.3, -0.25) is 0 Å². The molecule has 0 heterocycles. The van der Waals surface area contributed by atoms with Gasteiger partial charge in [-0.05, 0) is 38.4 Å². The highest BCUT2D eigenvalue weighted by Crippen LogP contribution is 2.30. The van der Waals surface area contributed by atoms with Crippen LogP contribution in [0.1, 0.15) is 5.56 Å². The highest BCUT2D eigenvalue weighted by Gasteiger charge is 2.29. The van der Waals surface area contributed by atoms with Gasteiger partial charge in [0.05, 0.1) is 5.56 Å². The first-order valence-corrected chi connectivity index (χ1v) is 4.84. The Bertz CT molecular complexity index is 319. The first-order valence-electron chi connectivity index (χ1n) is 4.84. The number of halogens is 3. The summed E-state index contributed by atoms with van der Waals surface area (Å²) in [7, 11) is 3.80. The van der Waals surface area contributed by atoms with E-state index >= 15 is 0 Å². The van der Waals surface area contributed by atoms with Crippen LogP contribution < -0.4 is 4.74 Å². The number of rotatable bonds is 4. The zero-order valence-corrected chi connectivity index (χ0v) is 9.21. The van der Waals surface area contributed by atoms with E-state index in [0.717, 1.165) is 18.7 Å². The lowest BCUT2D eigenvalue weighted by Crippen LogP contribution is -2.19. The Hall–Kier alpha value is -1.23. The summed E-state index contributed by atoms with van der Waals surface area (Å²) in [5, 5.41) is 0. The summed E-state index contributed by atoms with van der Waals surface area (Å²) in [6.07, 6.45) is -4.29. The molecule has 5 heteroatoms. The highest BCUT2D eigenvalue weighted by atomic mass is 19.4. The molecular weight excluding hydrogens is 219 g/mol. The molecule has 1 rings (SSSR count). The molecule has 0 radical (unpaired) electrons. The van der Waals surface area contributed by atoms with E-state index in [1.54, 1.807) is 0 Å². The molecule has 0 unspecified atom stereocenters. The van der Waals surface area contributed by atoms with Crippen molar-refractivity contribution in [3.8, 4) is 5.75 Å². The quantitative estimate of drug-likeness (QED) is 0.792. The van der Waals surface area contributed by atoms with Crippen LogP contribution in [0.3, 0.4) is 0 Å². The largest absolute Gasteiger partial charge is 0.492 e. The van der Waals surface area contributed by atoms with E-state index in [4.69, 9.17) is 4.74 Å². The van der Waals surface area contributed by atoms with E-state index in [9.17, 15) is 13.2 Å². The Morgan fingerprint density at radius 3 is 2.12 bits per heavy atom. The number of benzene rings is 1. The van der Waals surface area contributed by atoms with Crippen molar-refractivity contribution in [1.29, 1.82) is 0 Å². The van der Waals surface area contributed by atoms with Crippen LogP contribution in [0.5, 0.6) is 5.75 Å². The van der Waals surface area contributed by atoms with Gasteiger partial charge >= 0.3 is 6.18 Å². The molecule has 0 aliphatic rings. The van der Waals surface area contributed by atoms with Crippen molar-refractivity contribution in [3.05, 3.63) is 29.8 Å². The Balaban J connectivity index is 2.52. The third-order valence-corrected chi connectivity index (χ3v) is 1.99. The molecule has 0 aromatic heterocycles. The highest BCUT2D eigenvalue weighted by molar-refractivity contribution is 5.28. The predicted molar refractivity (Wildman–Crippen MR) is 55.5 cm³/mol. The van der Waals surface area contributed by atoms with Crippen molar-refractivity contribution in [3.63, 3.8) is 0 Å². The van der Waals surface area contributed by atoms with Crippen molar-refractivity contribution in [2.75, 3.05) is 27.2 Å². The third-order valence-electron chi connectivity index (χ3n) is 1.99. The number of nitrogens with zero attached hydrogens (tertiary/aromatic N) is 1. The van der Waals surface area contributed by atoms with Gasteiger partial charge in [-0.2, -0.15) is 13.2 Å². The van der Waals surface area contributed by atoms with Crippen LogP contribution in [0.25, 0.3) is 0 Å². The summed E-state index contributed by atoms with van der Waals surface area (Å²) < 4.78 is 42.0. The zero-order valence-electron chi connectivity index (χ0n) is 9.21. The molecule has 0 aliphatic carbocycles. The van der Waals surface area contributed by atoms with E-state index in [-0.39, 0.29) is 0 Å². The first-order chi connectivity index (χ1) is 7.39. The minimum Gasteiger partial charge on any atom is -0.492 e. The van der Waals surface area contributed by atoms with Gasteiger partial charge in [0.2, 0.25) is 0 Å². The maximum absolute atomic E-state index is 12.2. The Morgan fingerprint density at radius 2 is 1.69 bits per heavy atom. The van der Waals surface area contributed by atoms with Crippen molar-refractivity contribution < 1.29 is 17.9 Å². The number of alkyl halides is 3. The Labute approximate surface area is 92.6 Å². The van der Waals surface area contributed by atoms with Gasteiger partial charge in [0.15, 0.2) is 0 Å². The Morgan fingerprint density at radius 1 is 1.12 bits per heavy atom. The molecule has 16 heavy (non-hydrogen) atoms. The summed E-state index contributed by atoms with van der Waals surface area (Å²) in [4.78, 5) is 1.93. The minimum atomic E-state index is -4.29. The molecule has 0 N–H and O–H groups in total. The van der Waals surface area contributed by atoms with Crippen LogP contribution >= 0.6 is 0 Å². The number of ether oxygens (including phenoxy) is 1. The van der Waals surface area contributed by atoms with Crippen molar-refractivity contribution in [2.24, 2.45) is 0 Å². The van der Waals surface area contributed by atoms with Crippen LogP contribution in [0.4, 0.5) is 13.2 Å². The molecule has 0 aliphatic heterocycles. The maximum atomic E-state index is 12.2. The standard InChI is InChI=1S/C11H14F3NO/c1-15(2)7-8-16-10-5-3-9(4-6-10)11(12,13)14/h3-6H,7-8H2,1-2H3. The van der Waals surface area contributed by atoms with Crippen LogP contribution in [-0.2, 0) is 6.18 Å². The molecule has 1 aromatic rings. The lowest BCUT2D eigenvalue weighted by atomic mass is 10.2. The molecule has 1 aromatic carbocycles. The van der Waals surface area contributed by atoms with Crippen LogP contribution in [-0.4, -0.2) is 32.1 Å². The second-order valence-corrected chi connectivity index (χ2v) is 3.67. The van der Waals surface area contributed by atoms with Gasteiger partial charge in [-0.15, -0.1) is 0 Å². The third kappa shape index (κ3) is 4.10. The monoisotopic (exact) mass is 233 g/mol. The van der Waals surface area contributed by atoms with Crippen molar-refractivity contribution in [1.82, 2.24) is 4.90 Å². The normalized spacial score (nSPS) is 11.9. The second-order valence-electron chi connectivity index (χ2n) is 3.67. The second kappa shape index (κ2) is 5.21. The van der Waals surface area contributed by atoms with Gasteiger partial charge in [0, 0.05) is 6.54 Å². The van der Waals surface area contributed by atoms with Crippen molar-refractivity contribution in [2.45, 2.75) is 6.18 Å². The molecule has 0 bridgehead atoms. The Kier molecular flexibility index (Phi) is 4.18. The summed E-state index contributed by atoms with van der Waals surface area (Å²) in [5.41, 5.74) is -0.660. The van der Waals surface area contributed by atoms with E-state index < -0.39 is 11.7 Å². The molecule has 0 atom stereocenters. The van der Waals surface area contributed by atoms with Crippen LogP contribution in [0, 0.1) is 0 Å². The number of hydrogen-bond acceptors (Lipinski definition) is 2. The zero-order chi connectivity index (χ0) is 12.2. The molecule has 0 fully saturated rings. The average Bonchev–Trinajstić information content (AvgIpc) is 2.16. The topological polar surface area (TPSA) is 12.5 Å². The lowest BCUT2D eigenvalue weighted by molar-refractivity contribution is -0.137. The fourth-order valence-corrected chi connectivity index (χ4v) is 1.09. The fraction of sp³-hybridized carbons (Fsp3) is 0.455. The summed E-state index contributed by atoms with van der Waals surface area (Å²) in [6.45, 7) is 1.18. The van der Waals surface area contributed by atoms with E-state index in [1.807, 2.05) is 19.0 Å².